The van der Waals surface area contributed by atoms with E-state index in [2.05, 4.69) is 41.9 Å². The molecule has 0 aromatic heterocycles. The van der Waals surface area contributed by atoms with Gasteiger partial charge >= 0.3 is 0 Å². The van der Waals surface area contributed by atoms with Crippen molar-refractivity contribution in [2.75, 3.05) is 6.26 Å². The van der Waals surface area contributed by atoms with Gasteiger partial charge in [-0.3, -0.25) is 0 Å². The summed E-state index contributed by atoms with van der Waals surface area (Å²) < 4.78 is 0. The highest BCUT2D eigenvalue weighted by Crippen LogP contribution is 2.27. The highest BCUT2D eigenvalue weighted by atomic mass is 32.2. The molecule has 2 atom stereocenters. The molecule has 2 heteroatoms. The number of benzene rings is 1. The fourth-order valence-electron chi connectivity index (χ4n) is 2.46. The van der Waals surface area contributed by atoms with Gasteiger partial charge in [0.05, 0.1) is 0 Å². The summed E-state index contributed by atoms with van der Waals surface area (Å²) in [7, 11) is 0. The molecule has 1 N–H and O–H groups in total. The molecule has 88 valence electrons. The van der Waals surface area contributed by atoms with Crippen molar-refractivity contribution in [2.45, 2.75) is 43.5 Å². The summed E-state index contributed by atoms with van der Waals surface area (Å²) in [5.74, 6) is 0. The Kier molecular flexibility index (Phi) is 4.73. The van der Waals surface area contributed by atoms with Gasteiger partial charge in [0.2, 0.25) is 0 Å². The van der Waals surface area contributed by atoms with Gasteiger partial charge in [0.1, 0.15) is 0 Å². The number of nitrogens with one attached hydrogen (secondary N) is 1. The summed E-state index contributed by atoms with van der Waals surface area (Å²) in [6.45, 7) is 1.02. The smallest absolute Gasteiger partial charge is 0.0208 e. The van der Waals surface area contributed by atoms with Crippen LogP contribution in [0.15, 0.2) is 30.3 Å². The highest BCUT2D eigenvalue weighted by molar-refractivity contribution is 7.99. The van der Waals surface area contributed by atoms with Crippen molar-refractivity contribution in [3.05, 3.63) is 35.9 Å². The minimum atomic E-state index is 0.712. The minimum Gasteiger partial charge on any atom is -0.309 e. The van der Waals surface area contributed by atoms with E-state index >= 15 is 0 Å². The Labute approximate surface area is 103 Å². The lowest BCUT2D eigenvalue weighted by Crippen LogP contribution is -2.39. The lowest BCUT2D eigenvalue weighted by molar-refractivity contribution is 0.383. The summed E-state index contributed by atoms with van der Waals surface area (Å²) in [5, 5.41) is 4.54. The lowest BCUT2D eigenvalue weighted by atomic mass is 9.94. The first-order valence-electron chi connectivity index (χ1n) is 6.20. The zero-order chi connectivity index (χ0) is 11.2. The van der Waals surface area contributed by atoms with Crippen LogP contribution in [0.5, 0.6) is 0 Å². The molecule has 0 aliphatic heterocycles. The Morgan fingerprint density at radius 2 is 1.94 bits per heavy atom. The van der Waals surface area contributed by atoms with E-state index in [0.29, 0.717) is 6.04 Å². The van der Waals surface area contributed by atoms with Crippen LogP contribution < -0.4 is 5.32 Å². The van der Waals surface area contributed by atoms with Crippen LogP contribution in [0.4, 0.5) is 0 Å². The summed E-state index contributed by atoms with van der Waals surface area (Å²) >= 11 is 2.03. The van der Waals surface area contributed by atoms with Crippen LogP contribution in [0.2, 0.25) is 0 Å². The maximum Gasteiger partial charge on any atom is 0.0208 e. The predicted molar refractivity (Wildman–Crippen MR) is 72.8 cm³/mol. The van der Waals surface area contributed by atoms with Crippen molar-refractivity contribution < 1.29 is 0 Å². The molecule has 16 heavy (non-hydrogen) atoms. The third-order valence-electron chi connectivity index (χ3n) is 3.42. The quantitative estimate of drug-likeness (QED) is 0.858. The molecule has 1 saturated carbocycles. The molecule has 0 heterocycles. The minimum absolute atomic E-state index is 0.712. The first kappa shape index (κ1) is 12.0. The largest absolute Gasteiger partial charge is 0.309 e. The molecular weight excluding hydrogens is 214 g/mol. The first-order chi connectivity index (χ1) is 7.90. The van der Waals surface area contributed by atoms with Gasteiger partial charge in [-0.1, -0.05) is 43.2 Å². The molecule has 2 rings (SSSR count). The fraction of sp³-hybridized carbons (Fsp3) is 0.571. The Hall–Kier alpha value is -0.470. The molecular formula is C14H21NS. The second kappa shape index (κ2) is 6.31. The molecule has 1 aliphatic rings. The van der Waals surface area contributed by atoms with Crippen LogP contribution in [0.1, 0.15) is 31.2 Å². The molecule has 0 radical (unpaired) electrons. The monoisotopic (exact) mass is 235 g/mol. The summed E-state index contributed by atoms with van der Waals surface area (Å²) in [5.41, 5.74) is 1.40. The van der Waals surface area contributed by atoms with E-state index in [9.17, 15) is 0 Å². The van der Waals surface area contributed by atoms with E-state index in [4.69, 9.17) is 0 Å². The SMILES string of the molecule is CS[C@H]1CCCC[C@@H]1NCc1ccccc1. The van der Waals surface area contributed by atoms with Crippen LogP contribution >= 0.6 is 11.8 Å². The van der Waals surface area contributed by atoms with Crippen LogP contribution in [0, 0.1) is 0 Å². The molecule has 1 aliphatic carbocycles. The standard InChI is InChI=1S/C14H21NS/c1-16-14-10-6-5-9-13(14)15-11-12-7-3-2-4-8-12/h2-4,7-8,13-15H,5-6,9-11H2,1H3/t13-,14-/m0/s1. The van der Waals surface area contributed by atoms with Gasteiger partial charge in [0, 0.05) is 17.8 Å². The van der Waals surface area contributed by atoms with E-state index in [-0.39, 0.29) is 0 Å². The molecule has 1 fully saturated rings. The number of hydrogen-bond acceptors (Lipinski definition) is 2. The summed E-state index contributed by atoms with van der Waals surface area (Å²) in [6, 6.07) is 11.4. The van der Waals surface area contributed by atoms with Gasteiger partial charge in [-0.25, -0.2) is 0 Å². The molecule has 1 nitrogen and oxygen atoms in total. The van der Waals surface area contributed by atoms with E-state index < -0.39 is 0 Å². The van der Waals surface area contributed by atoms with Gasteiger partial charge in [0.15, 0.2) is 0 Å². The van der Waals surface area contributed by atoms with Crippen molar-refractivity contribution in [2.24, 2.45) is 0 Å². The zero-order valence-electron chi connectivity index (χ0n) is 9.99. The number of rotatable bonds is 4. The van der Waals surface area contributed by atoms with Gasteiger partial charge in [0.25, 0.3) is 0 Å². The number of hydrogen-bond donors (Lipinski definition) is 1. The van der Waals surface area contributed by atoms with Gasteiger partial charge < -0.3 is 5.32 Å². The fourth-order valence-corrected chi connectivity index (χ4v) is 3.42. The van der Waals surface area contributed by atoms with E-state index in [1.807, 2.05) is 11.8 Å². The van der Waals surface area contributed by atoms with Gasteiger partial charge in [-0.15, -0.1) is 0 Å². The summed E-state index contributed by atoms with van der Waals surface area (Å²) in [4.78, 5) is 0. The van der Waals surface area contributed by atoms with Crippen LogP contribution in [-0.2, 0) is 6.54 Å². The molecule has 0 unspecified atom stereocenters. The molecule has 0 bridgehead atoms. The Balaban J connectivity index is 1.84. The third kappa shape index (κ3) is 3.26. The molecule has 1 aromatic rings. The highest BCUT2D eigenvalue weighted by Gasteiger charge is 2.23. The Morgan fingerprint density at radius 1 is 1.19 bits per heavy atom. The van der Waals surface area contributed by atoms with E-state index in [1.54, 1.807) is 0 Å². The number of thioether (sulfide) groups is 1. The van der Waals surface area contributed by atoms with Crippen molar-refractivity contribution in [1.82, 2.24) is 5.32 Å². The first-order valence-corrected chi connectivity index (χ1v) is 7.49. The van der Waals surface area contributed by atoms with Crippen LogP contribution in [0.3, 0.4) is 0 Å². The molecule has 0 amide bonds. The van der Waals surface area contributed by atoms with Crippen molar-refractivity contribution in [1.29, 1.82) is 0 Å². The zero-order valence-corrected chi connectivity index (χ0v) is 10.8. The molecule has 1 aromatic carbocycles. The molecule has 0 saturated heterocycles. The van der Waals surface area contributed by atoms with E-state index in [0.717, 1.165) is 11.8 Å². The van der Waals surface area contributed by atoms with Crippen molar-refractivity contribution in [3.63, 3.8) is 0 Å². The maximum atomic E-state index is 3.72. The maximum absolute atomic E-state index is 3.72. The lowest BCUT2D eigenvalue weighted by Gasteiger charge is -2.31. The predicted octanol–water partition coefficient (Wildman–Crippen LogP) is 3.45. The Bertz CT molecular complexity index is 299. The summed E-state index contributed by atoms with van der Waals surface area (Å²) in [6.07, 6.45) is 7.78. The molecule has 0 spiro atoms. The third-order valence-corrected chi connectivity index (χ3v) is 4.59. The Morgan fingerprint density at radius 3 is 2.69 bits per heavy atom. The van der Waals surface area contributed by atoms with Gasteiger partial charge in [-0.05, 0) is 24.7 Å². The average molecular weight is 235 g/mol. The van der Waals surface area contributed by atoms with Crippen molar-refractivity contribution in [3.8, 4) is 0 Å². The normalized spacial score (nSPS) is 25.6. The van der Waals surface area contributed by atoms with Gasteiger partial charge in [-0.2, -0.15) is 11.8 Å². The second-order valence-corrected chi connectivity index (χ2v) is 5.61. The van der Waals surface area contributed by atoms with Crippen molar-refractivity contribution >= 4 is 11.8 Å². The topological polar surface area (TPSA) is 12.0 Å². The van der Waals surface area contributed by atoms with Crippen LogP contribution in [0.25, 0.3) is 0 Å². The average Bonchev–Trinajstić information content (AvgIpc) is 2.38. The van der Waals surface area contributed by atoms with E-state index in [1.165, 1.54) is 31.2 Å². The van der Waals surface area contributed by atoms with Crippen LogP contribution in [-0.4, -0.2) is 17.5 Å². The second-order valence-electron chi connectivity index (χ2n) is 4.53.